The van der Waals surface area contributed by atoms with Gasteiger partial charge in [0.05, 0.1) is 0 Å². The second-order valence-electron chi connectivity index (χ2n) is 10.9. The molecule has 0 aromatic carbocycles. The van der Waals surface area contributed by atoms with Crippen LogP contribution >= 0.6 is 0 Å². The summed E-state index contributed by atoms with van der Waals surface area (Å²) in [6.07, 6.45) is 2.34. The highest BCUT2D eigenvalue weighted by molar-refractivity contribution is 5.21. The largest absolute Gasteiger partial charge is 0.305 e. The Morgan fingerprint density at radius 2 is 1.58 bits per heavy atom. The van der Waals surface area contributed by atoms with E-state index in [-0.39, 0.29) is 11.0 Å². The van der Waals surface area contributed by atoms with Gasteiger partial charge >= 0.3 is 0 Å². The van der Waals surface area contributed by atoms with Gasteiger partial charge in [-0.25, -0.2) is 0 Å². The predicted molar refractivity (Wildman–Crippen MR) is 109 cm³/mol. The lowest BCUT2D eigenvalue weighted by molar-refractivity contribution is 0.239. The van der Waals surface area contributed by atoms with E-state index in [2.05, 4.69) is 87.7 Å². The lowest BCUT2D eigenvalue weighted by Gasteiger charge is -2.39. The molecule has 4 atom stereocenters. The number of hydrogen-bond acceptors (Lipinski definition) is 1. The van der Waals surface area contributed by atoms with Crippen molar-refractivity contribution in [3.63, 3.8) is 0 Å². The SMILES string of the molecule is C=C(C)C(CC(=C)C(NC(C)(C)C)C(C)(C)C)C1C(CC)C1(C)C. The van der Waals surface area contributed by atoms with Crippen molar-refractivity contribution in [1.29, 1.82) is 0 Å². The van der Waals surface area contributed by atoms with Crippen LogP contribution in [-0.2, 0) is 0 Å². The first-order chi connectivity index (χ1) is 10.6. The van der Waals surface area contributed by atoms with Crippen LogP contribution in [0.25, 0.3) is 0 Å². The molecule has 1 heteroatoms. The first kappa shape index (κ1) is 21.5. The zero-order valence-corrected chi connectivity index (χ0v) is 18.1. The van der Waals surface area contributed by atoms with Crippen LogP contribution in [0.4, 0.5) is 0 Å². The molecule has 0 aliphatic heterocycles. The zero-order valence-electron chi connectivity index (χ0n) is 18.1. The minimum Gasteiger partial charge on any atom is -0.305 e. The third-order valence-corrected chi connectivity index (χ3v) is 5.98. The molecule has 1 rings (SSSR count). The van der Waals surface area contributed by atoms with Gasteiger partial charge in [-0.15, -0.1) is 0 Å². The van der Waals surface area contributed by atoms with Crippen molar-refractivity contribution in [1.82, 2.24) is 5.32 Å². The standard InChI is InChI=1S/C23H43N/c1-13-18-19(23(18,11)12)17(15(2)3)14-16(4)20(21(5,6)7)24-22(8,9)10/h17-20,24H,2,4,13-14H2,1,3,5-12H3. The Balaban J connectivity index is 2.97. The van der Waals surface area contributed by atoms with E-state index in [4.69, 9.17) is 0 Å². The quantitative estimate of drug-likeness (QED) is 0.517. The summed E-state index contributed by atoms with van der Waals surface area (Å²) in [6, 6.07) is 0.321. The molecule has 0 spiro atoms. The molecule has 0 saturated heterocycles. The van der Waals surface area contributed by atoms with Crippen LogP contribution in [0.1, 0.15) is 82.1 Å². The summed E-state index contributed by atoms with van der Waals surface area (Å²) < 4.78 is 0. The van der Waals surface area contributed by atoms with Crippen molar-refractivity contribution < 1.29 is 0 Å². The molecule has 1 saturated carbocycles. The molecule has 0 radical (unpaired) electrons. The Bertz CT molecular complexity index is 469. The fourth-order valence-corrected chi connectivity index (χ4v) is 4.74. The van der Waals surface area contributed by atoms with Crippen LogP contribution in [0.2, 0.25) is 0 Å². The average molecular weight is 334 g/mol. The molecule has 4 unspecified atom stereocenters. The number of allylic oxidation sites excluding steroid dienone is 1. The van der Waals surface area contributed by atoms with Gasteiger partial charge in [-0.3, -0.25) is 0 Å². The highest BCUT2D eigenvalue weighted by Gasteiger charge is 2.59. The van der Waals surface area contributed by atoms with Crippen molar-refractivity contribution in [3.05, 3.63) is 24.3 Å². The van der Waals surface area contributed by atoms with E-state index < -0.39 is 0 Å². The normalized spacial score (nSPS) is 25.9. The smallest absolute Gasteiger partial charge is 0.0330 e. The number of hydrogen-bond donors (Lipinski definition) is 1. The second kappa shape index (κ2) is 6.98. The Labute approximate surface area is 152 Å². The van der Waals surface area contributed by atoms with E-state index in [1.54, 1.807) is 0 Å². The van der Waals surface area contributed by atoms with Gasteiger partial charge in [-0.2, -0.15) is 0 Å². The highest BCUT2D eigenvalue weighted by Crippen LogP contribution is 2.65. The van der Waals surface area contributed by atoms with E-state index in [0.29, 0.717) is 17.4 Å². The van der Waals surface area contributed by atoms with Crippen LogP contribution in [0.3, 0.4) is 0 Å². The molecule has 0 heterocycles. The summed E-state index contributed by atoms with van der Waals surface area (Å²) in [5.41, 5.74) is 3.36. The van der Waals surface area contributed by atoms with E-state index in [1.807, 2.05) is 0 Å². The summed E-state index contributed by atoms with van der Waals surface area (Å²) in [6.45, 7) is 31.9. The molecule has 140 valence electrons. The van der Waals surface area contributed by atoms with E-state index in [0.717, 1.165) is 18.3 Å². The Kier molecular flexibility index (Phi) is 6.25. The maximum atomic E-state index is 4.53. The van der Waals surface area contributed by atoms with Crippen molar-refractivity contribution in [3.8, 4) is 0 Å². The van der Waals surface area contributed by atoms with Gasteiger partial charge in [0, 0.05) is 11.6 Å². The van der Waals surface area contributed by atoms with Gasteiger partial charge in [0.1, 0.15) is 0 Å². The highest BCUT2D eigenvalue weighted by atomic mass is 15.0. The number of rotatable bonds is 7. The number of nitrogens with one attached hydrogen (secondary N) is 1. The summed E-state index contributed by atoms with van der Waals surface area (Å²) in [5.74, 6) is 2.15. The molecule has 0 amide bonds. The van der Waals surface area contributed by atoms with Gasteiger partial charge in [0.2, 0.25) is 0 Å². The van der Waals surface area contributed by atoms with Crippen molar-refractivity contribution in [2.75, 3.05) is 0 Å². The Morgan fingerprint density at radius 3 is 1.88 bits per heavy atom. The molecule has 1 aliphatic carbocycles. The third kappa shape index (κ3) is 4.97. The minimum absolute atomic E-state index is 0.0877. The third-order valence-electron chi connectivity index (χ3n) is 5.98. The van der Waals surface area contributed by atoms with Gasteiger partial charge in [0.15, 0.2) is 0 Å². The summed E-state index contributed by atoms with van der Waals surface area (Å²) in [7, 11) is 0. The molecular formula is C23H43N. The Morgan fingerprint density at radius 1 is 1.08 bits per heavy atom. The molecule has 0 aromatic rings. The monoisotopic (exact) mass is 333 g/mol. The van der Waals surface area contributed by atoms with Crippen LogP contribution in [0, 0.1) is 28.6 Å². The summed E-state index contributed by atoms with van der Waals surface area (Å²) in [4.78, 5) is 0. The van der Waals surface area contributed by atoms with Crippen LogP contribution in [0.5, 0.6) is 0 Å². The van der Waals surface area contributed by atoms with Crippen molar-refractivity contribution in [2.45, 2.75) is 93.7 Å². The lowest BCUT2D eigenvalue weighted by Crippen LogP contribution is -2.50. The molecule has 1 aliphatic rings. The predicted octanol–water partition coefficient (Wildman–Crippen LogP) is 6.61. The molecule has 1 N–H and O–H groups in total. The van der Waals surface area contributed by atoms with Crippen LogP contribution in [-0.4, -0.2) is 11.6 Å². The molecule has 1 nitrogen and oxygen atoms in total. The van der Waals surface area contributed by atoms with Crippen molar-refractivity contribution >= 4 is 0 Å². The average Bonchev–Trinajstić information content (AvgIpc) is 2.91. The zero-order chi connectivity index (χ0) is 19.1. The van der Waals surface area contributed by atoms with E-state index >= 15 is 0 Å². The molecular weight excluding hydrogens is 290 g/mol. The Hall–Kier alpha value is -0.560. The van der Waals surface area contributed by atoms with Gasteiger partial charge in [-0.05, 0) is 62.7 Å². The van der Waals surface area contributed by atoms with Gasteiger partial charge in [-0.1, -0.05) is 72.3 Å². The first-order valence-electron chi connectivity index (χ1n) is 9.73. The fraction of sp³-hybridized carbons (Fsp3) is 0.826. The van der Waals surface area contributed by atoms with E-state index in [1.165, 1.54) is 17.6 Å². The van der Waals surface area contributed by atoms with Gasteiger partial charge < -0.3 is 5.32 Å². The minimum atomic E-state index is 0.0877. The lowest BCUT2D eigenvalue weighted by atomic mass is 9.76. The summed E-state index contributed by atoms with van der Waals surface area (Å²) in [5, 5.41) is 3.82. The topological polar surface area (TPSA) is 12.0 Å². The first-order valence-corrected chi connectivity index (χ1v) is 9.73. The van der Waals surface area contributed by atoms with Crippen molar-refractivity contribution in [2.24, 2.45) is 28.6 Å². The fourth-order valence-electron chi connectivity index (χ4n) is 4.74. The molecule has 0 aromatic heterocycles. The van der Waals surface area contributed by atoms with Crippen LogP contribution < -0.4 is 5.32 Å². The summed E-state index contributed by atoms with van der Waals surface area (Å²) >= 11 is 0. The second-order valence-corrected chi connectivity index (χ2v) is 10.9. The van der Waals surface area contributed by atoms with E-state index in [9.17, 15) is 0 Å². The van der Waals surface area contributed by atoms with Gasteiger partial charge in [0.25, 0.3) is 0 Å². The molecule has 1 fully saturated rings. The maximum Gasteiger partial charge on any atom is 0.0330 e. The molecule has 0 bridgehead atoms. The van der Waals surface area contributed by atoms with Crippen LogP contribution in [0.15, 0.2) is 24.3 Å². The molecule has 24 heavy (non-hydrogen) atoms. The maximum absolute atomic E-state index is 4.53.